The van der Waals surface area contributed by atoms with Gasteiger partial charge in [0.1, 0.15) is 5.75 Å². The molecular formula is C13H11Br2NO. The Balaban J connectivity index is 2.36. The Hall–Kier alpha value is -1.00. The number of anilines is 2. The molecule has 17 heavy (non-hydrogen) atoms. The molecule has 4 heteroatoms. The molecule has 2 aromatic carbocycles. The molecule has 0 fully saturated rings. The lowest BCUT2D eigenvalue weighted by Gasteiger charge is -2.21. The average Bonchev–Trinajstić information content (AvgIpc) is 2.29. The topological polar surface area (TPSA) is 23.5 Å². The predicted octanol–water partition coefficient (Wildman–Crippen LogP) is 4.69. The molecule has 0 saturated carbocycles. The van der Waals surface area contributed by atoms with Gasteiger partial charge in [0.2, 0.25) is 0 Å². The summed E-state index contributed by atoms with van der Waals surface area (Å²) in [6.07, 6.45) is 0. The summed E-state index contributed by atoms with van der Waals surface area (Å²) in [5, 5.41) is 9.37. The SMILES string of the molecule is CN(c1ccc(Br)cc1)c1ccc(O)cc1Br. The maximum atomic E-state index is 9.37. The Morgan fingerprint density at radius 2 is 1.65 bits per heavy atom. The zero-order valence-corrected chi connectivity index (χ0v) is 12.4. The number of aromatic hydroxyl groups is 1. The molecule has 2 aromatic rings. The maximum Gasteiger partial charge on any atom is 0.116 e. The normalized spacial score (nSPS) is 10.3. The summed E-state index contributed by atoms with van der Waals surface area (Å²) in [6.45, 7) is 0. The second kappa shape index (κ2) is 5.10. The minimum absolute atomic E-state index is 0.254. The van der Waals surface area contributed by atoms with E-state index < -0.39 is 0 Å². The number of phenols is 1. The van der Waals surface area contributed by atoms with Crippen LogP contribution >= 0.6 is 31.9 Å². The van der Waals surface area contributed by atoms with Gasteiger partial charge in [-0.1, -0.05) is 15.9 Å². The van der Waals surface area contributed by atoms with Gasteiger partial charge in [0.25, 0.3) is 0 Å². The van der Waals surface area contributed by atoms with E-state index in [0.29, 0.717) is 0 Å². The molecule has 0 aromatic heterocycles. The summed E-state index contributed by atoms with van der Waals surface area (Å²) in [6, 6.07) is 13.3. The van der Waals surface area contributed by atoms with E-state index in [1.165, 1.54) is 0 Å². The number of nitrogens with zero attached hydrogens (tertiary/aromatic N) is 1. The minimum atomic E-state index is 0.254. The molecule has 0 aliphatic carbocycles. The van der Waals surface area contributed by atoms with Crippen molar-refractivity contribution in [1.29, 1.82) is 0 Å². The van der Waals surface area contributed by atoms with Crippen LogP contribution in [0.25, 0.3) is 0 Å². The van der Waals surface area contributed by atoms with Crippen LogP contribution in [0, 0.1) is 0 Å². The first kappa shape index (κ1) is 12.5. The molecular weight excluding hydrogens is 346 g/mol. The fourth-order valence-corrected chi connectivity index (χ4v) is 2.47. The van der Waals surface area contributed by atoms with E-state index in [2.05, 4.69) is 36.8 Å². The van der Waals surface area contributed by atoms with E-state index in [1.54, 1.807) is 12.1 Å². The molecule has 2 rings (SSSR count). The van der Waals surface area contributed by atoms with Crippen molar-refractivity contribution in [2.24, 2.45) is 0 Å². The Bertz CT molecular complexity index is 525. The van der Waals surface area contributed by atoms with Crippen LogP contribution in [0.15, 0.2) is 51.4 Å². The molecule has 0 spiro atoms. The van der Waals surface area contributed by atoms with Crippen LogP contribution in [0.1, 0.15) is 0 Å². The van der Waals surface area contributed by atoms with Crippen LogP contribution in [0.4, 0.5) is 11.4 Å². The van der Waals surface area contributed by atoms with E-state index in [1.807, 2.05) is 37.4 Å². The highest BCUT2D eigenvalue weighted by Crippen LogP contribution is 2.33. The molecule has 0 aliphatic rings. The fraction of sp³-hybridized carbons (Fsp3) is 0.0769. The van der Waals surface area contributed by atoms with Crippen LogP contribution < -0.4 is 4.90 Å². The molecule has 0 heterocycles. The molecule has 0 atom stereocenters. The van der Waals surface area contributed by atoms with Gasteiger partial charge in [0.05, 0.1) is 5.69 Å². The van der Waals surface area contributed by atoms with Crippen molar-refractivity contribution in [3.8, 4) is 5.75 Å². The van der Waals surface area contributed by atoms with Crippen LogP contribution in [-0.4, -0.2) is 12.2 Å². The van der Waals surface area contributed by atoms with Gasteiger partial charge in [-0.3, -0.25) is 0 Å². The smallest absolute Gasteiger partial charge is 0.116 e. The van der Waals surface area contributed by atoms with Gasteiger partial charge >= 0.3 is 0 Å². The summed E-state index contributed by atoms with van der Waals surface area (Å²) in [7, 11) is 1.99. The van der Waals surface area contributed by atoms with Gasteiger partial charge in [0, 0.05) is 21.7 Å². The number of rotatable bonds is 2. The Labute approximate surface area is 117 Å². The quantitative estimate of drug-likeness (QED) is 0.844. The van der Waals surface area contributed by atoms with Gasteiger partial charge in [-0.05, 0) is 58.4 Å². The highest BCUT2D eigenvalue weighted by molar-refractivity contribution is 9.10. The van der Waals surface area contributed by atoms with Crippen molar-refractivity contribution in [1.82, 2.24) is 0 Å². The van der Waals surface area contributed by atoms with Gasteiger partial charge in [0.15, 0.2) is 0 Å². The third-order valence-corrected chi connectivity index (χ3v) is 3.67. The van der Waals surface area contributed by atoms with Crippen LogP contribution in [0.2, 0.25) is 0 Å². The van der Waals surface area contributed by atoms with Crippen molar-refractivity contribution in [3.63, 3.8) is 0 Å². The van der Waals surface area contributed by atoms with E-state index in [0.717, 1.165) is 20.3 Å². The second-order valence-electron chi connectivity index (χ2n) is 3.67. The van der Waals surface area contributed by atoms with Gasteiger partial charge in [-0.25, -0.2) is 0 Å². The monoisotopic (exact) mass is 355 g/mol. The predicted molar refractivity (Wildman–Crippen MR) is 78.0 cm³/mol. The molecule has 88 valence electrons. The Morgan fingerprint density at radius 1 is 1.00 bits per heavy atom. The summed E-state index contributed by atoms with van der Waals surface area (Å²) in [5.41, 5.74) is 2.09. The van der Waals surface area contributed by atoms with Gasteiger partial charge in [-0.2, -0.15) is 0 Å². The molecule has 0 unspecified atom stereocenters. The lowest BCUT2D eigenvalue weighted by atomic mass is 10.2. The number of halogens is 2. The summed E-state index contributed by atoms with van der Waals surface area (Å²) in [5.74, 6) is 0.254. The van der Waals surface area contributed by atoms with Crippen molar-refractivity contribution in [3.05, 3.63) is 51.4 Å². The number of phenolic OH excluding ortho intramolecular Hbond substituents is 1. The first-order chi connectivity index (χ1) is 8.08. The number of hydrogen-bond acceptors (Lipinski definition) is 2. The van der Waals surface area contributed by atoms with Gasteiger partial charge in [-0.15, -0.1) is 0 Å². The van der Waals surface area contributed by atoms with Crippen molar-refractivity contribution in [2.45, 2.75) is 0 Å². The molecule has 0 amide bonds. The fourth-order valence-electron chi connectivity index (χ4n) is 1.57. The zero-order chi connectivity index (χ0) is 12.4. The van der Waals surface area contributed by atoms with Crippen LogP contribution in [0.5, 0.6) is 5.75 Å². The first-order valence-electron chi connectivity index (χ1n) is 5.06. The summed E-state index contributed by atoms with van der Waals surface area (Å²) < 4.78 is 1.92. The van der Waals surface area contributed by atoms with E-state index >= 15 is 0 Å². The lowest BCUT2D eigenvalue weighted by molar-refractivity contribution is 0.475. The second-order valence-corrected chi connectivity index (χ2v) is 5.44. The molecule has 0 bridgehead atoms. The molecule has 2 nitrogen and oxygen atoms in total. The van der Waals surface area contributed by atoms with E-state index in [4.69, 9.17) is 0 Å². The highest BCUT2D eigenvalue weighted by Gasteiger charge is 2.08. The van der Waals surface area contributed by atoms with Crippen molar-refractivity contribution >= 4 is 43.2 Å². The third kappa shape index (κ3) is 2.82. The lowest BCUT2D eigenvalue weighted by Crippen LogP contribution is -2.09. The largest absolute Gasteiger partial charge is 0.508 e. The maximum absolute atomic E-state index is 9.37. The average molecular weight is 357 g/mol. The Morgan fingerprint density at radius 3 is 2.24 bits per heavy atom. The summed E-state index contributed by atoms with van der Waals surface area (Å²) in [4.78, 5) is 2.05. The van der Waals surface area contributed by atoms with Crippen LogP contribution in [-0.2, 0) is 0 Å². The van der Waals surface area contributed by atoms with E-state index in [-0.39, 0.29) is 5.75 Å². The molecule has 1 N–H and O–H groups in total. The van der Waals surface area contributed by atoms with E-state index in [9.17, 15) is 5.11 Å². The number of benzene rings is 2. The molecule has 0 aliphatic heterocycles. The molecule has 0 saturated heterocycles. The first-order valence-corrected chi connectivity index (χ1v) is 6.64. The zero-order valence-electron chi connectivity index (χ0n) is 9.19. The number of hydrogen-bond donors (Lipinski definition) is 1. The third-order valence-electron chi connectivity index (χ3n) is 2.51. The standard InChI is InChI=1S/C13H11Br2NO/c1-16(10-4-2-9(14)3-5-10)13-7-6-11(17)8-12(13)15/h2-8,17H,1H3. The Kier molecular flexibility index (Phi) is 3.74. The highest BCUT2D eigenvalue weighted by atomic mass is 79.9. The van der Waals surface area contributed by atoms with Gasteiger partial charge < -0.3 is 10.0 Å². The molecule has 0 radical (unpaired) electrons. The summed E-state index contributed by atoms with van der Waals surface area (Å²) >= 11 is 6.86. The van der Waals surface area contributed by atoms with Crippen LogP contribution in [0.3, 0.4) is 0 Å². The van der Waals surface area contributed by atoms with Crippen molar-refractivity contribution in [2.75, 3.05) is 11.9 Å². The minimum Gasteiger partial charge on any atom is -0.508 e. The van der Waals surface area contributed by atoms with Crippen molar-refractivity contribution < 1.29 is 5.11 Å².